The van der Waals surface area contributed by atoms with Gasteiger partial charge in [0.2, 0.25) is 0 Å². The molecule has 21 heavy (non-hydrogen) atoms. The van der Waals surface area contributed by atoms with Gasteiger partial charge in [-0.2, -0.15) is 13.2 Å². The lowest BCUT2D eigenvalue weighted by Gasteiger charge is -2.31. The van der Waals surface area contributed by atoms with Crippen molar-refractivity contribution in [3.05, 3.63) is 34.6 Å². The summed E-state index contributed by atoms with van der Waals surface area (Å²) in [6.07, 6.45) is -3.55. The third-order valence-electron chi connectivity index (χ3n) is 3.66. The minimum Gasteiger partial charge on any atom is -0.349 e. The van der Waals surface area contributed by atoms with E-state index in [1.54, 1.807) is 0 Å². The molecule has 0 bridgehead atoms. The number of rotatable bonds is 2. The summed E-state index contributed by atoms with van der Waals surface area (Å²) in [4.78, 5) is 12.0. The van der Waals surface area contributed by atoms with E-state index < -0.39 is 29.9 Å². The third-order valence-corrected chi connectivity index (χ3v) is 3.98. The highest BCUT2D eigenvalue weighted by Gasteiger charge is 2.42. The van der Waals surface area contributed by atoms with Crippen molar-refractivity contribution < 1.29 is 22.4 Å². The number of benzene rings is 1. The van der Waals surface area contributed by atoms with Crippen LogP contribution in [0.15, 0.2) is 18.2 Å². The van der Waals surface area contributed by atoms with Gasteiger partial charge in [0.1, 0.15) is 5.82 Å². The van der Waals surface area contributed by atoms with Crippen LogP contribution in [-0.4, -0.2) is 18.1 Å². The molecule has 1 N–H and O–H groups in total. The van der Waals surface area contributed by atoms with Crippen molar-refractivity contribution in [2.24, 2.45) is 5.92 Å². The van der Waals surface area contributed by atoms with Crippen LogP contribution in [0.4, 0.5) is 17.6 Å². The van der Waals surface area contributed by atoms with Crippen LogP contribution in [0, 0.1) is 11.7 Å². The molecule has 1 aromatic rings. The molecule has 0 aliphatic heterocycles. The van der Waals surface area contributed by atoms with E-state index in [1.165, 1.54) is 12.1 Å². The van der Waals surface area contributed by atoms with E-state index in [4.69, 9.17) is 11.6 Å². The zero-order chi connectivity index (χ0) is 15.6. The Morgan fingerprint density at radius 3 is 2.62 bits per heavy atom. The van der Waals surface area contributed by atoms with Gasteiger partial charge in [-0.15, -0.1) is 0 Å². The molecule has 0 unspecified atom stereocenters. The number of halogens is 5. The van der Waals surface area contributed by atoms with Gasteiger partial charge in [-0.1, -0.05) is 24.1 Å². The van der Waals surface area contributed by atoms with Crippen molar-refractivity contribution in [3.8, 4) is 0 Å². The molecule has 0 aromatic heterocycles. The van der Waals surface area contributed by atoms with Crippen LogP contribution in [0.2, 0.25) is 5.02 Å². The van der Waals surface area contributed by atoms with Gasteiger partial charge in [0.25, 0.3) is 5.91 Å². The number of carbonyl (C=O) groups excluding carboxylic acids is 1. The lowest BCUT2D eigenvalue weighted by Crippen LogP contribution is -2.41. The fraction of sp³-hybridized carbons (Fsp3) is 0.500. The number of amides is 1. The Labute approximate surface area is 124 Å². The first-order valence-corrected chi connectivity index (χ1v) is 6.98. The number of nitrogens with one attached hydrogen (secondary N) is 1. The third kappa shape index (κ3) is 3.87. The molecule has 116 valence electrons. The molecular weight excluding hydrogens is 310 g/mol. The van der Waals surface area contributed by atoms with Crippen LogP contribution in [0.5, 0.6) is 0 Å². The summed E-state index contributed by atoms with van der Waals surface area (Å²) in [5.41, 5.74) is -0.326. The van der Waals surface area contributed by atoms with Gasteiger partial charge in [0.05, 0.1) is 16.5 Å². The highest BCUT2D eigenvalue weighted by atomic mass is 35.5. The first-order chi connectivity index (χ1) is 9.79. The van der Waals surface area contributed by atoms with Crippen molar-refractivity contribution in [3.63, 3.8) is 0 Å². The van der Waals surface area contributed by atoms with E-state index in [2.05, 4.69) is 5.32 Å². The van der Waals surface area contributed by atoms with Gasteiger partial charge < -0.3 is 5.32 Å². The Hall–Kier alpha value is -1.30. The fourth-order valence-electron chi connectivity index (χ4n) is 2.59. The molecule has 1 aliphatic rings. The molecule has 0 saturated heterocycles. The van der Waals surface area contributed by atoms with Crippen LogP contribution in [0.1, 0.15) is 36.0 Å². The SMILES string of the molecule is O=C(N[C@H]1CCC[C@@H](C(F)(F)F)C1)c1c(F)cccc1Cl. The Morgan fingerprint density at radius 1 is 1.29 bits per heavy atom. The number of hydrogen-bond donors (Lipinski definition) is 1. The predicted octanol–water partition coefficient (Wildman–Crippen LogP) is 4.33. The summed E-state index contributed by atoms with van der Waals surface area (Å²) in [5, 5.41) is 2.40. The van der Waals surface area contributed by atoms with Crippen LogP contribution in [0.3, 0.4) is 0 Å². The quantitative estimate of drug-likeness (QED) is 0.806. The predicted molar refractivity (Wildman–Crippen MR) is 70.7 cm³/mol. The summed E-state index contributed by atoms with van der Waals surface area (Å²) >= 11 is 5.76. The molecule has 1 fully saturated rings. The van der Waals surface area contributed by atoms with E-state index in [1.807, 2.05) is 0 Å². The largest absolute Gasteiger partial charge is 0.391 e. The molecule has 1 aliphatic carbocycles. The first-order valence-electron chi connectivity index (χ1n) is 6.60. The highest BCUT2D eigenvalue weighted by molar-refractivity contribution is 6.33. The van der Waals surface area contributed by atoms with Crippen LogP contribution >= 0.6 is 11.6 Å². The van der Waals surface area contributed by atoms with Gasteiger partial charge in [0, 0.05) is 6.04 Å². The second-order valence-corrected chi connectivity index (χ2v) is 5.58. The van der Waals surface area contributed by atoms with Crippen molar-refractivity contribution in [2.45, 2.75) is 37.9 Å². The summed E-state index contributed by atoms with van der Waals surface area (Å²) in [7, 11) is 0. The number of carbonyl (C=O) groups is 1. The van der Waals surface area contributed by atoms with E-state index in [0.29, 0.717) is 12.8 Å². The molecule has 1 amide bonds. The standard InChI is InChI=1S/C14H14ClF4NO/c15-10-5-2-6-11(16)12(10)13(21)20-9-4-1-3-8(7-9)14(17,18)19/h2,5-6,8-9H,1,3-4,7H2,(H,20,21)/t8-,9+/m1/s1. The molecule has 2 nitrogen and oxygen atoms in total. The van der Waals surface area contributed by atoms with E-state index in [0.717, 1.165) is 6.07 Å². The molecule has 0 radical (unpaired) electrons. The van der Waals surface area contributed by atoms with Crippen LogP contribution < -0.4 is 5.32 Å². The maximum Gasteiger partial charge on any atom is 0.391 e. The highest BCUT2D eigenvalue weighted by Crippen LogP contribution is 2.37. The lowest BCUT2D eigenvalue weighted by atomic mass is 9.85. The monoisotopic (exact) mass is 323 g/mol. The van der Waals surface area contributed by atoms with Gasteiger partial charge in [-0.05, 0) is 31.4 Å². The topological polar surface area (TPSA) is 29.1 Å². The maximum atomic E-state index is 13.6. The Morgan fingerprint density at radius 2 is 2.00 bits per heavy atom. The minimum absolute atomic E-state index is 0.0596. The average molecular weight is 324 g/mol. The second-order valence-electron chi connectivity index (χ2n) is 5.17. The van der Waals surface area contributed by atoms with Gasteiger partial charge >= 0.3 is 6.18 Å². The molecule has 1 saturated carbocycles. The van der Waals surface area contributed by atoms with Crippen molar-refractivity contribution in [2.75, 3.05) is 0 Å². The van der Waals surface area contributed by atoms with Crippen LogP contribution in [-0.2, 0) is 0 Å². The Balaban J connectivity index is 2.06. The fourth-order valence-corrected chi connectivity index (χ4v) is 2.84. The van der Waals surface area contributed by atoms with Crippen molar-refractivity contribution in [1.82, 2.24) is 5.32 Å². The summed E-state index contributed by atoms with van der Waals surface area (Å²) < 4.78 is 51.7. The van der Waals surface area contributed by atoms with E-state index in [-0.39, 0.29) is 23.4 Å². The van der Waals surface area contributed by atoms with Crippen LogP contribution in [0.25, 0.3) is 0 Å². The molecule has 0 heterocycles. The zero-order valence-electron chi connectivity index (χ0n) is 11.0. The first kappa shape index (κ1) is 16.1. The molecule has 2 atom stereocenters. The van der Waals surface area contributed by atoms with Crippen molar-refractivity contribution in [1.29, 1.82) is 0 Å². The lowest BCUT2D eigenvalue weighted by molar-refractivity contribution is -0.183. The Kier molecular flexibility index (Phi) is 4.76. The number of alkyl halides is 3. The van der Waals surface area contributed by atoms with Gasteiger partial charge in [-0.3, -0.25) is 4.79 Å². The van der Waals surface area contributed by atoms with E-state index in [9.17, 15) is 22.4 Å². The average Bonchev–Trinajstić information content (AvgIpc) is 2.37. The zero-order valence-corrected chi connectivity index (χ0v) is 11.8. The van der Waals surface area contributed by atoms with Crippen molar-refractivity contribution >= 4 is 17.5 Å². The molecular formula is C14H14ClF4NO. The summed E-state index contributed by atoms with van der Waals surface area (Å²) in [6, 6.07) is 3.18. The summed E-state index contributed by atoms with van der Waals surface area (Å²) in [5.74, 6) is -2.98. The molecule has 1 aromatic carbocycles. The number of hydrogen-bond acceptors (Lipinski definition) is 1. The molecule has 0 spiro atoms. The Bertz CT molecular complexity index is 512. The normalized spacial score (nSPS) is 22.9. The second kappa shape index (κ2) is 6.22. The molecule has 7 heteroatoms. The molecule has 2 rings (SSSR count). The van der Waals surface area contributed by atoms with E-state index >= 15 is 0 Å². The van der Waals surface area contributed by atoms with Gasteiger partial charge in [0.15, 0.2) is 0 Å². The smallest absolute Gasteiger partial charge is 0.349 e. The van der Waals surface area contributed by atoms with Gasteiger partial charge in [-0.25, -0.2) is 4.39 Å². The maximum absolute atomic E-state index is 13.6. The minimum atomic E-state index is -4.26. The summed E-state index contributed by atoms with van der Waals surface area (Å²) in [6.45, 7) is 0.